The molecule has 30 heavy (non-hydrogen) atoms. The first-order valence-corrected chi connectivity index (χ1v) is 9.60. The van der Waals surface area contributed by atoms with Gasteiger partial charge in [0.05, 0.1) is 22.6 Å². The molecule has 12 nitrogen and oxygen atoms in total. The predicted molar refractivity (Wildman–Crippen MR) is 103 cm³/mol. The summed E-state index contributed by atoms with van der Waals surface area (Å²) in [5.41, 5.74) is 5.39. The van der Waals surface area contributed by atoms with Crippen LogP contribution in [-0.4, -0.2) is 40.5 Å². The van der Waals surface area contributed by atoms with E-state index < -0.39 is 27.6 Å². The number of nitrogens with zero attached hydrogens (tertiary/aromatic N) is 3. The van der Waals surface area contributed by atoms with Crippen molar-refractivity contribution in [1.82, 2.24) is 14.7 Å². The van der Waals surface area contributed by atoms with E-state index in [0.29, 0.717) is 0 Å². The fourth-order valence-electron chi connectivity index (χ4n) is 2.28. The topological polar surface area (TPSA) is 200 Å². The first-order chi connectivity index (χ1) is 14.2. The second-order valence-corrected chi connectivity index (χ2v) is 7.48. The number of H-pyrrole nitrogens is 1. The minimum absolute atomic E-state index is 0.140. The number of amides is 1. The van der Waals surface area contributed by atoms with Gasteiger partial charge in [0.1, 0.15) is 17.0 Å². The standard InChI is InChI=1S/C17H14N6O6S/c18-15-14(19-8-20-15)16(25)23-30(28,29)11-4-1-9(2-5-11)21-22-10-3-6-13(24)12(7-10)17(26)27/h1-8,24H,18H2,(H,19,20)(H,23,25)(H,26,27). The van der Waals surface area contributed by atoms with Crippen molar-refractivity contribution in [1.29, 1.82) is 0 Å². The third kappa shape index (κ3) is 4.41. The summed E-state index contributed by atoms with van der Waals surface area (Å²) < 4.78 is 26.5. The van der Waals surface area contributed by atoms with Gasteiger partial charge in [0, 0.05) is 0 Å². The highest BCUT2D eigenvalue weighted by Gasteiger charge is 2.21. The van der Waals surface area contributed by atoms with Crippen molar-refractivity contribution < 1.29 is 28.2 Å². The molecule has 154 valence electrons. The Morgan fingerprint density at radius 1 is 1.07 bits per heavy atom. The average Bonchev–Trinajstić information content (AvgIpc) is 3.13. The summed E-state index contributed by atoms with van der Waals surface area (Å²) in [5, 5.41) is 26.2. The normalized spacial score (nSPS) is 11.5. The van der Waals surface area contributed by atoms with Gasteiger partial charge in [-0.05, 0) is 42.5 Å². The summed E-state index contributed by atoms with van der Waals surface area (Å²) in [7, 11) is -4.17. The summed E-state index contributed by atoms with van der Waals surface area (Å²) in [6.07, 6.45) is 1.16. The lowest BCUT2D eigenvalue weighted by molar-refractivity contribution is 0.0693. The number of rotatable bonds is 6. The van der Waals surface area contributed by atoms with Crippen LogP contribution in [0.3, 0.4) is 0 Å². The van der Waals surface area contributed by atoms with Crippen LogP contribution in [0.1, 0.15) is 20.8 Å². The number of aromatic carboxylic acids is 1. The van der Waals surface area contributed by atoms with E-state index >= 15 is 0 Å². The van der Waals surface area contributed by atoms with Crippen LogP contribution in [0, 0.1) is 0 Å². The Bertz CT molecular complexity index is 1250. The van der Waals surface area contributed by atoms with Gasteiger partial charge in [-0.25, -0.2) is 22.9 Å². The fourth-order valence-corrected chi connectivity index (χ4v) is 3.24. The number of imidazole rings is 1. The molecule has 0 spiro atoms. The number of sulfonamides is 1. The van der Waals surface area contributed by atoms with E-state index in [1.165, 1.54) is 36.4 Å². The number of anilines is 1. The number of aromatic hydroxyl groups is 1. The molecule has 0 unspecified atom stereocenters. The van der Waals surface area contributed by atoms with Gasteiger partial charge in [-0.3, -0.25) is 4.79 Å². The molecule has 6 N–H and O–H groups in total. The van der Waals surface area contributed by atoms with Gasteiger partial charge in [0.2, 0.25) is 0 Å². The minimum atomic E-state index is -4.17. The lowest BCUT2D eigenvalue weighted by Crippen LogP contribution is -2.31. The van der Waals surface area contributed by atoms with E-state index in [2.05, 4.69) is 20.2 Å². The molecule has 0 atom stereocenters. The van der Waals surface area contributed by atoms with Crippen molar-refractivity contribution in [3.8, 4) is 5.75 Å². The Kier molecular flexibility index (Phi) is 5.46. The number of azo groups is 1. The van der Waals surface area contributed by atoms with Gasteiger partial charge in [-0.2, -0.15) is 10.2 Å². The van der Waals surface area contributed by atoms with Crippen molar-refractivity contribution in [3.05, 3.63) is 60.0 Å². The number of nitrogens with two attached hydrogens (primary N) is 1. The van der Waals surface area contributed by atoms with E-state index in [-0.39, 0.29) is 33.3 Å². The van der Waals surface area contributed by atoms with Crippen molar-refractivity contribution in [2.45, 2.75) is 4.90 Å². The van der Waals surface area contributed by atoms with Crippen molar-refractivity contribution >= 4 is 39.1 Å². The second-order valence-electron chi connectivity index (χ2n) is 5.80. The molecule has 1 aromatic heterocycles. The predicted octanol–water partition coefficient (Wildman–Crippen LogP) is 1.93. The first-order valence-electron chi connectivity index (χ1n) is 8.11. The lowest BCUT2D eigenvalue weighted by Gasteiger charge is -2.06. The van der Waals surface area contributed by atoms with Gasteiger partial charge >= 0.3 is 5.97 Å². The maximum Gasteiger partial charge on any atom is 0.339 e. The Morgan fingerprint density at radius 3 is 2.30 bits per heavy atom. The zero-order valence-electron chi connectivity index (χ0n) is 15.0. The molecule has 0 bridgehead atoms. The zero-order valence-corrected chi connectivity index (χ0v) is 15.8. The third-order valence-corrected chi connectivity index (χ3v) is 5.11. The Balaban J connectivity index is 1.75. The number of aromatic amines is 1. The Hall–Kier alpha value is -4.26. The number of carbonyl (C=O) groups is 2. The highest BCUT2D eigenvalue weighted by Crippen LogP contribution is 2.25. The highest BCUT2D eigenvalue weighted by atomic mass is 32.2. The summed E-state index contributed by atoms with van der Waals surface area (Å²) in [4.78, 5) is 28.9. The molecular weight excluding hydrogens is 416 g/mol. The Labute approximate surface area is 169 Å². The molecule has 1 amide bonds. The smallest absolute Gasteiger partial charge is 0.339 e. The molecule has 2 aromatic carbocycles. The molecule has 3 rings (SSSR count). The monoisotopic (exact) mass is 430 g/mol. The summed E-state index contributed by atoms with van der Waals surface area (Å²) in [6.45, 7) is 0. The van der Waals surface area contributed by atoms with E-state index in [1.54, 1.807) is 0 Å². The molecular formula is C17H14N6O6S. The van der Waals surface area contributed by atoms with Crippen LogP contribution in [0.15, 0.2) is 63.9 Å². The van der Waals surface area contributed by atoms with Gasteiger partial charge < -0.3 is 20.9 Å². The number of carboxylic acids is 1. The number of carboxylic acid groups (broad SMARTS) is 1. The van der Waals surface area contributed by atoms with Crippen molar-refractivity contribution in [2.75, 3.05) is 5.73 Å². The first kappa shape index (κ1) is 20.5. The van der Waals surface area contributed by atoms with Gasteiger partial charge in [0.25, 0.3) is 15.9 Å². The van der Waals surface area contributed by atoms with Crippen molar-refractivity contribution in [2.24, 2.45) is 10.2 Å². The van der Waals surface area contributed by atoms with E-state index in [4.69, 9.17) is 10.8 Å². The van der Waals surface area contributed by atoms with Crippen molar-refractivity contribution in [3.63, 3.8) is 0 Å². The third-order valence-electron chi connectivity index (χ3n) is 3.76. The SMILES string of the molecule is Nc1nc[nH]c1C(=O)NS(=O)(=O)c1ccc(N=Nc2ccc(O)c(C(=O)O)c2)cc1. The number of hydrogen-bond donors (Lipinski definition) is 5. The van der Waals surface area contributed by atoms with Crippen LogP contribution in [0.2, 0.25) is 0 Å². The zero-order chi connectivity index (χ0) is 21.9. The molecule has 0 aliphatic heterocycles. The van der Waals surface area contributed by atoms with Gasteiger partial charge in [-0.15, -0.1) is 0 Å². The molecule has 0 saturated carbocycles. The summed E-state index contributed by atoms with van der Waals surface area (Å²) >= 11 is 0. The summed E-state index contributed by atoms with van der Waals surface area (Å²) in [5.74, 6) is -2.83. The number of nitrogen functional groups attached to an aromatic ring is 1. The number of aromatic nitrogens is 2. The second kappa shape index (κ2) is 8.00. The van der Waals surface area contributed by atoms with Gasteiger partial charge in [-0.1, -0.05) is 0 Å². The number of phenols is 1. The maximum atomic E-state index is 12.3. The van der Waals surface area contributed by atoms with E-state index in [1.807, 2.05) is 4.72 Å². The minimum Gasteiger partial charge on any atom is -0.507 e. The van der Waals surface area contributed by atoms with Crippen LogP contribution in [0.4, 0.5) is 17.2 Å². The molecule has 0 fully saturated rings. The maximum absolute atomic E-state index is 12.3. The fraction of sp³-hybridized carbons (Fsp3) is 0. The lowest BCUT2D eigenvalue weighted by atomic mass is 10.2. The molecule has 0 saturated heterocycles. The van der Waals surface area contributed by atoms with Gasteiger partial charge in [0.15, 0.2) is 5.82 Å². The molecule has 0 radical (unpaired) electrons. The largest absolute Gasteiger partial charge is 0.507 e. The molecule has 3 aromatic rings. The van der Waals surface area contributed by atoms with Crippen LogP contribution < -0.4 is 10.5 Å². The quantitative estimate of drug-likeness (QED) is 0.365. The number of carbonyl (C=O) groups excluding carboxylic acids is 1. The Morgan fingerprint density at radius 2 is 1.70 bits per heavy atom. The van der Waals surface area contributed by atoms with Crippen LogP contribution >= 0.6 is 0 Å². The molecule has 0 aliphatic rings. The average molecular weight is 430 g/mol. The van der Waals surface area contributed by atoms with Crippen LogP contribution in [-0.2, 0) is 10.0 Å². The number of hydrogen-bond acceptors (Lipinski definition) is 9. The summed E-state index contributed by atoms with van der Waals surface area (Å²) in [6, 6.07) is 8.76. The molecule has 1 heterocycles. The molecule has 13 heteroatoms. The van der Waals surface area contributed by atoms with Crippen LogP contribution in [0.25, 0.3) is 0 Å². The van der Waals surface area contributed by atoms with E-state index in [9.17, 15) is 23.1 Å². The van der Waals surface area contributed by atoms with Crippen LogP contribution in [0.5, 0.6) is 5.75 Å². The number of benzene rings is 2. The highest BCUT2D eigenvalue weighted by molar-refractivity contribution is 7.90. The molecule has 0 aliphatic carbocycles. The van der Waals surface area contributed by atoms with E-state index in [0.717, 1.165) is 12.4 Å². The number of nitrogens with one attached hydrogen (secondary N) is 2.